The minimum absolute atomic E-state index is 0.114. The van der Waals surface area contributed by atoms with Crippen LogP contribution in [0.4, 0.5) is 5.69 Å². The Bertz CT molecular complexity index is 495. The van der Waals surface area contributed by atoms with Gasteiger partial charge < -0.3 is 14.4 Å². The topological polar surface area (TPSA) is 38.8 Å². The summed E-state index contributed by atoms with van der Waals surface area (Å²) in [5.41, 5.74) is 1.15. The van der Waals surface area contributed by atoms with Gasteiger partial charge in [0.25, 0.3) is 0 Å². The Labute approximate surface area is 112 Å². The Balaban J connectivity index is 1.78. The molecule has 4 heteroatoms. The Morgan fingerprint density at radius 2 is 2.11 bits per heavy atom. The van der Waals surface area contributed by atoms with Crippen molar-refractivity contribution in [2.75, 3.05) is 18.6 Å². The molecule has 1 aromatic carbocycles. The van der Waals surface area contributed by atoms with Gasteiger partial charge in [-0.2, -0.15) is 0 Å². The van der Waals surface area contributed by atoms with E-state index in [0.717, 1.165) is 30.8 Å². The van der Waals surface area contributed by atoms with E-state index < -0.39 is 0 Å². The van der Waals surface area contributed by atoms with E-state index in [0.29, 0.717) is 0 Å². The fourth-order valence-corrected chi connectivity index (χ4v) is 2.82. The van der Waals surface area contributed by atoms with E-state index in [2.05, 4.69) is 17.0 Å². The molecule has 0 amide bonds. The van der Waals surface area contributed by atoms with Crippen LogP contribution in [-0.2, 0) is 9.53 Å². The molecule has 0 spiro atoms. The third-order valence-corrected chi connectivity index (χ3v) is 3.76. The van der Waals surface area contributed by atoms with Crippen molar-refractivity contribution in [2.45, 2.75) is 25.0 Å². The van der Waals surface area contributed by atoms with Gasteiger partial charge >= 0.3 is 5.97 Å². The van der Waals surface area contributed by atoms with Crippen LogP contribution in [0.15, 0.2) is 36.4 Å². The second-order valence-electron chi connectivity index (χ2n) is 4.86. The molecule has 0 N–H and O–H groups in total. The molecule has 1 aromatic rings. The van der Waals surface area contributed by atoms with Crippen molar-refractivity contribution in [2.24, 2.45) is 0 Å². The third kappa shape index (κ3) is 2.30. The number of rotatable bonds is 3. The normalized spacial score (nSPS) is 25.7. The maximum absolute atomic E-state index is 11.2. The molecule has 0 aromatic heterocycles. The Morgan fingerprint density at radius 3 is 2.74 bits per heavy atom. The van der Waals surface area contributed by atoms with E-state index in [4.69, 9.17) is 9.47 Å². The second-order valence-corrected chi connectivity index (χ2v) is 4.86. The van der Waals surface area contributed by atoms with E-state index in [-0.39, 0.29) is 18.1 Å². The third-order valence-electron chi connectivity index (χ3n) is 3.76. The molecular weight excluding hydrogens is 242 g/mol. The summed E-state index contributed by atoms with van der Waals surface area (Å²) >= 11 is 0. The maximum Gasteiger partial charge on any atom is 0.331 e. The predicted octanol–water partition coefficient (Wildman–Crippen LogP) is 2.15. The molecule has 0 saturated carbocycles. The van der Waals surface area contributed by atoms with Gasteiger partial charge in [0.15, 0.2) is 0 Å². The summed E-state index contributed by atoms with van der Waals surface area (Å²) in [5.74, 6) is 0.623. The van der Waals surface area contributed by atoms with Crippen LogP contribution in [-0.4, -0.2) is 31.8 Å². The molecule has 0 radical (unpaired) electrons. The van der Waals surface area contributed by atoms with E-state index in [9.17, 15) is 4.79 Å². The molecule has 2 atom stereocenters. The fourth-order valence-electron chi connectivity index (χ4n) is 2.82. The summed E-state index contributed by atoms with van der Waals surface area (Å²) in [4.78, 5) is 13.5. The van der Waals surface area contributed by atoms with Gasteiger partial charge in [0.05, 0.1) is 13.2 Å². The molecule has 19 heavy (non-hydrogen) atoms. The highest BCUT2D eigenvalue weighted by Gasteiger charge is 2.34. The summed E-state index contributed by atoms with van der Waals surface area (Å²) < 4.78 is 10.5. The first kappa shape index (κ1) is 12.1. The maximum atomic E-state index is 11.2. The Morgan fingerprint density at radius 1 is 1.32 bits per heavy atom. The summed E-state index contributed by atoms with van der Waals surface area (Å²) in [6.07, 6.45) is 5.45. The fraction of sp³-hybridized carbons (Fsp3) is 0.400. The number of carbonyl (C=O) groups excluding carboxylic acids is 1. The molecular formula is C15H17NO3. The van der Waals surface area contributed by atoms with E-state index >= 15 is 0 Å². The molecule has 2 unspecified atom stereocenters. The molecule has 100 valence electrons. The van der Waals surface area contributed by atoms with E-state index in [1.807, 2.05) is 18.2 Å². The van der Waals surface area contributed by atoms with Crippen LogP contribution < -0.4 is 9.64 Å². The monoisotopic (exact) mass is 259 g/mol. The summed E-state index contributed by atoms with van der Waals surface area (Å²) in [5, 5.41) is 0. The lowest BCUT2D eigenvalue weighted by Crippen LogP contribution is -2.38. The summed E-state index contributed by atoms with van der Waals surface area (Å²) in [6.45, 7) is 0.999. The van der Waals surface area contributed by atoms with Crippen molar-refractivity contribution in [1.29, 1.82) is 0 Å². The van der Waals surface area contributed by atoms with E-state index in [1.165, 1.54) is 6.08 Å². The molecule has 1 saturated heterocycles. The number of esters is 1. The van der Waals surface area contributed by atoms with Gasteiger partial charge in [0, 0.05) is 18.3 Å². The van der Waals surface area contributed by atoms with Gasteiger partial charge in [-0.15, -0.1) is 0 Å². The molecule has 2 heterocycles. The van der Waals surface area contributed by atoms with E-state index in [1.54, 1.807) is 7.11 Å². The molecule has 4 nitrogen and oxygen atoms in total. The zero-order valence-corrected chi connectivity index (χ0v) is 10.9. The number of ether oxygens (including phenoxy) is 2. The molecule has 1 fully saturated rings. The number of nitrogens with zero attached hydrogens (tertiary/aromatic N) is 1. The van der Waals surface area contributed by atoms with Crippen LogP contribution in [0.5, 0.6) is 5.75 Å². The average Bonchev–Trinajstić information content (AvgIpc) is 3.07. The quantitative estimate of drug-likeness (QED) is 0.780. The van der Waals surface area contributed by atoms with Crippen molar-refractivity contribution in [1.82, 2.24) is 0 Å². The van der Waals surface area contributed by atoms with Crippen LogP contribution in [0.25, 0.3) is 0 Å². The SMILES string of the molecule is COc1ccc(N2CCCC2C2C=CC(=O)O2)cc1. The van der Waals surface area contributed by atoms with Crippen LogP contribution in [0.3, 0.4) is 0 Å². The lowest BCUT2D eigenvalue weighted by Gasteiger charge is -2.29. The average molecular weight is 259 g/mol. The zero-order valence-electron chi connectivity index (χ0n) is 10.9. The van der Waals surface area contributed by atoms with Crippen molar-refractivity contribution in [3.05, 3.63) is 36.4 Å². The number of benzene rings is 1. The summed E-state index contributed by atoms with van der Waals surface area (Å²) in [7, 11) is 1.66. The minimum atomic E-state index is -0.230. The number of hydrogen-bond donors (Lipinski definition) is 0. The lowest BCUT2D eigenvalue weighted by molar-refractivity contribution is -0.139. The molecule has 0 bridgehead atoms. The summed E-state index contributed by atoms with van der Waals surface area (Å²) in [6, 6.07) is 8.27. The van der Waals surface area contributed by atoms with Crippen LogP contribution in [0, 0.1) is 0 Å². The minimum Gasteiger partial charge on any atom is -0.497 e. The molecule has 0 aliphatic carbocycles. The number of hydrogen-bond acceptors (Lipinski definition) is 4. The highest BCUT2D eigenvalue weighted by molar-refractivity contribution is 5.84. The standard InChI is InChI=1S/C15H17NO3/c1-18-12-6-4-11(5-7-12)16-10-2-3-13(16)14-8-9-15(17)19-14/h4-9,13-14H,2-3,10H2,1H3. The van der Waals surface area contributed by atoms with Crippen molar-refractivity contribution in [3.63, 3.8) is 0 Å². The van der Waals surface area contributed by atoms with Crippen LogP contribution >= 0.6 is 0 Å². The smallest absolute Gasteiger partial charge is 0.331 e. The number of carbonyl (C=O) groups is 1. The highest BCUT2D eigenvalue weighted by atomic mass is 16.5. The second kappa shape index (κ2) is 4.96. The van der Waals surface area contributed by atoms with Gasteiger partial charge in [-0.1, -0.05) is 0 Å². The van der Waals surface area contributed by atoms with Crippen LogP contribution in [0.2, 0.25) is 0 Å². The molecule has 2 aliphatic rings. The van der Waals surface area contributed by atoms with Crippen molar-refractivity contribution < 1.29 is 14.3 Å². The number of anilines is 1. The first-order chi connectivity index (χ1) is 9.28. The van der Waals surface area contributed by atoms with Crippen molar-refractivity contribution >= 4 is 11.7 Å². The number of methoxy groups -OCH3 is 1. The highest BCUT2D eigenvalue weighted by Crippen LogP contribution is 2.31. The largest absolute Gasteiger partial charge is 0.497 e. The molecule has 2 aliphatic heterocycles. The van der Waals surface area contributed by atoms with Gasteiger partial charge in [-0.3, -0.25) is 0 Å². The Kier molecular flexibility index (Phi) is 3.15. The van der Waals surface area contributed by atoms with Gasteiger partial charge in [-0.05, 0) is 43.2 Å². The van der Waals surface area contributed by atoms with Gasteiger partial charge in [0.1, 0.15) is 11.9 Å². The van der Waals surface area contributed by atoms with Crippen LogP contribution in [0.1, 0.15) is 12.8 Å². The lowest BCUT2D eigenvalue weighted by atomic mass is 10.1. The van der Waals surface area contributed by atoms with Crippen molar-refractivity contribution in [3.8, 4) is 5.75 Å². The zero-order chi connectivity index (χ0) is 13.2. The molecule has 3 rings (SSSR count). The van der Waals surface area contributed by atoms with Gasteiger partial charge in [-0.25, -0.2) is 4.79 Å². The predicted molar refractivity (Wildman–Crippen MR) is 72.4 cm³/mol. The Hall–Kier alpha value is -1.97. The first-order valence-corrected chi connectivity index (χ1v) is 6.57. The first-order valence-electron chi connectivity index (χ1n) is 6.57. The number of cyclic esters (lactones) is 1. The van der Waals surface area contributed by atoms with Gasteiger partial charge in [0.2, 0.25) is 0 Å².